The van der Waals surface area contributed by atoms with Crippen LogP contribution in [0.2, 0.25) is 0 Å². The van der Waals surface area contributed by atoms with E-state index in [2.05, 4.69) is 6.58 Å². The lowest BCUT2D eigenvalue weighted by Crippen LogP contribution is -2.42. The highest BCUT2D eigenvalue weighted by molar-refractivity contribution is 5.88. The van der Waals surface area contributed by atoms with Gasteiger partial charge in [-0.1, -0.05) is 6.58 Å². The molecule has 0 N–H and O–H groups in total. The summed E-state index contributed by atoms with van der Waals surface area (Å²) in [7, 11) is 0. The molecule has 6 nitrogen and oxygen atoms in total. The second-order valence-electron chi connectivity index (χ2n) is 6.51. The van der Waals surface area contributed by atoms with Crippen molar-refractivity contribution in [1.29, 1.82) is 0 Å². The van der Waals surface area contributed by atoms with Crippen molar-refractivity contribution in [2.45, 2.75) is 32.3 Å². The van der Waals surface area contributed by atoms with Gasteiger partial charge in [0, 0.05) is 11.5 Å². The minimum atomic E-state index is -0.615. The summed E-state index contributed by atoms with van der Waals surface area (Å²) < 4.78 is 15.4. The summed E-state index contributed by atoms with van der Waals surface area (Å²) in [6.07, 6.45) is 2.82. The highest BCUT2D eigenvalue weighted by atomic mass is 16.6. The molecule has 6 heteroatoms. The Kier molecular flexibility index (Phi) is 3.93. The van der Waals surface area contributed by atoms with Crippen molar-refractivity contribution in [3.8, 4) is 0 Å². The Morgan fingerprint density at radius 2 is 2.00 bits per heavy atom. The van der Waals surface area contributed by atoms with Gasteiger partial charge in [0.2, 0.25) is 0 Å². The van der Waals surface area contributed by atoms with Gasteiger partial charge in [0.1, 0.15) is 6.10 Å². The first-order chi connectivity index (χ1) is 10.5. The molecular weight excluding hydrogens is 288 g/mol. The zero-order valence-corrected chi connectivity index (χ0v) is 12.6. The Balaban J connectivity index is 1.51. The first-order valence-electron chi connectivity index (χ1n) is 7.64. The van der Waals surface area contributed by atoms with E-state index in [1.165, 1.54) is 6.92 Å². The molecule has 3 aliphatic rings. The Morgan fingerprint density at radius 3 is 2.73 bits per heavy atom. The Morgan fingerprint density at radius 1 is 1.23 bits per heavy atom. The molecule has 0 aromatic rings. The van der Waals surface area contributed by atoms with Gasteiger partial charge in [-0.25, -0.2) is 9.59 Å². The minimum Gasteiger partial charge on any atom is -0.463 e. The molecule has 2 aliphatic carbocycles. The van der Waals surface area contributed by atoms with Crippen LogP contribution in [0.4, 0.5) is 0 Å². The molecule has 3 rings (SSSR count). The summed E-state index contributed by atoms with van der Waals surface area (Å²) in [5.41, 5.74) is 0.233. The fourth-order valence-corrected chi connectivity index (χ4v) is 3.94. The SMILES string of the molecule is C=C(C)C(=O)OCC(=O)OCC1C2CC3CC1C(=O)OC3C2. The van der Waals surface area contributed by atoms with Crippen LogP contribution in [0, 0.1) is 23.7 Å². The molecule has 2 saturated carbocycles. The Labute approximate surface area is 128 Å². The van der Waals surface area contributed by atoms with Gasteiger partial charge in [0.25, 0.3) is 0 Å². The van der Waals surface area contributed by atoms with Crippen LogP contribution in [0.3, 0.4) is 0 Å². The van der Waals surface area contributed by atoms with Crippen molar-refractivity contribution < 1.29 is 28.6 Å². The zero-order chi connectivity index (χ0) is 15.9. The molecule has 3 fully saturated rings. The van der Waals surface area contributed by atoms with Crippen LogP contribution in [0.5, 0.6) is 0 Å². The van der Waals surface area contributed by atoms with Gasteiger partial charge in [0.15, 0.2) is 6.61 Å². The number of rotatable bonds is 5. The summed E-state index contributed by atoms with van der Waals surface area (Å²) in [5.74, 6) is -0.640. The summed E-state index contributed by atoms with van der Waals surface area (Å²) in [4.78, 5) is 34.8. The van der Waals surface area contributed by atoms with Crippen LogP contribution in [-0.2, 0) is 28.6 Å². The Bertz CT molecular complexity index is 525. The largest absolute Gasteiger partial charge is 0.463 e. The number of ether oxygens (including phenoxy) is 3. The van der Waals surface area contributed by atoms with E-state index < -0.39 is 18.5 Å². The maximum absolute atomic E-state index is 11.9. The molecule has 3 bridgehead atoms. The molecule has 0 aromatic heterocycles. The van der Waals surface area contributed by atoms with Crippen molar-refractivity contribution in [1.82, 2.24) is 0 Å². The summed E-state index contributed by atoms with van der Waals surface area (Å²) in [6.45, 7) is 4.70. The molecule has 1 aliphatic heterocycles. The lowest BCUT2D eigenvalue weighted by Gasteiger charge is -2.37. The molecule has 1 saturated heterocycles. The molecule has 0 amide bonds. The number of esters is 3. The van der Waals surface area contributed by atoms with Crippen molar-refractivity contribution in [2.75, 3.05) is 13.2 Å². The second kappa shape index (κ2) is 5.74. The third-order valence-corrected chi connectivity index (χ3v) is 5.02. The first-order valence-corrected chi connectivity index (χ1v) is 7.64. The standard InChI is InChI=1S/C16H20O6/c1-8(2)15(18)21-7-14(17)20-6-12-9-3-10-4-11(12)16(19)22-13(10)5-9/h9-13H,1,3-7H2,2H3. The van der Waals surface area contributed by atoms with E-state index in [1.807, 2.05) is 0 Å². The van der Waals surface area contributed by atoms with E-state index in [0.29, 0.717) is 11.8 Å². The smallest absolute Gasteiger partial charge is 0.344 e. The van der Waals surface area contributed by atoms with Gasteiger partial charge >= 0.3 is 17.9 Å². The van der Waals surface area contributed by atoms with Gasteiger partial charge in [0.05, 0.1) is 12.5 Å². The fraction of sp³-hybridized carbons (Fsp3) is 0.688. The van der Waals surface area contributed by atoms with Gasteiger partial charge in [-0.15, -0.1) is 0 Å². The number of hydrogen-bond donors (Lipinski definition) is 0. The molecule has 5 unspecified atom stereocenters. The normalized spacial score (nSPS) is 35.0. The topological polar surface area (TPSA) is 78.9 Å². The maximum Gasteiger partial charge on any atom is 0.344 e. The van der Waals surface area contributed by atoms with E-state index in [9.17, 15) is 14.4 Å². The zero-order valence-electron chi connectivity index (χ0n) is 12.6. The minimum absolute atomic E-state index is 0.0250. The van der Waals surface area contributed by atoms with Crippen molar-refractivity contribution in [3.63, 3.8) is 0 Å². The molecule has 0 radical (unpaired) electrons. The highest BCUT2D eigenvalue weighted by Gasteiger charge is 2.55. The molecule has 120 valence electrons. The maximum atomic E-state index is 11.9. The van der Waals surface area contributed by atoms with Crippen molar-refractivity contribution in [2.24, 2.45) is 23.7 Å². The van der Waals surface area contributed by atoms with Crippen LogP contribution in [0.1, 0.15) is 26.2 Å². The van der Waals surface area contributed by atoms with Crippen LogP contribution in [-0.4, -0.2) is 37.2 Å². The highest BCUT2D eigenvalue weighted by Crippen LogP contribution is 2.53. The average molecular weight is 308 g/mol. The fourth-order valence-electron chi connectivity index (χ4n) is 3.94. The summed E-state index contributed by atoms with van der Waals surface area (Å²) in [6, 6.07) is 0. The van der Waals surface area contributed by atoms with Crippen LogP contribution in [0.25, 0.3) is 0 Å². The first kappa shape index (κ1) is 15.1. The Hall–Kier alpha value is -1.85. The molecule has 0 aromatic carbocycles. The van der Waals surface area contributed by atoms with Crippen LogP contribution in [0.15, 0.2) is 12.2 Å². The van der Waals surface area contributed by atoms with E-state index in [0.717, 1.165) is 19.3 Å². The average Bonchev–Trinajstić information content (AvgIpc) is 2.76. The lowest BCUT2D eigenvalue weighted by molar-refractivity contribution is -0.170. The summed E-state index contributed by atoms with van der Waals surface area (Å²) in [5, 5.41) is 0. The predicted octanol–water partition coefficient (Wildman–Crippen LogP) is 1.24. The predicted molar refractivity (Wildman–Crippen MR) is 74.4 cm³/mol. The lowest BCUT2D eigenvalue weighted by atomic mass is 9.72. The van der Waals surface area contributed by atoms with E-state index in [-0.39, 0.29) is 36.1 Å². The molecule has 0 spiro atoms. The number of fused-ring (bicyclic) bond motifs is 2. The van der Waals surface area contributed by atoms with Gasteiger partial charge < -0.3 is 14.2 Å². The molecule has 5 atom stereocenters. The van der Waals surface area contributed by atoms with E-state index in [4.69, 9.17) is 14.2 Å². The van der Waals surface area contributed by atoms with E-state index in [1.54, 1.807) is 0 Å². The van der Waals surface area contributed by atoms with Crippen LogP contribution >= 0.6 is 0 Å². The van der Waals surface area contributed by atoms with E-state index >= 15 is 0 Å². The molecule has 22 heavy (non-hydrogen) atoms. The van der Waals surface area contributed by atoms with Gasteiger partial charge in [-0.3, -0.25) is 4.79 Å². The third kappa shape index (κ3) is 2.74. The van der Waals surface area contributed by atoms with Crippen molar-refractivity contribution in [3.05, 3.63) is 12.2 Å². The molecular formula is C16H20O6. The van der Waals surface area contributed by atoms with Gasteiger partial charge in [-0.2, -0.15) is 0 Å². The second-order valence-corrected chi connectivity index (χ2v) is 6.51. The van der Waals surface area contributed by atoms with Crippen molar-refractivity contribution >= 4 is 17.9 Å². The summed E-state index contributed by atoms with van der Waals surface area (Å²) >= 11 is 0. The molecule has 1 heterocycles. The number of hydrogen-bond acceptors (Lipinski definition) is 6. The number of carbonyl (C=O) groups is 3. The monoisotopic (exact) mass is 308 g/mol. The third-order valence-electron chi connectivity index (χ3n) is 5.02. The van der Waals surface area contributed by atoms with Gasteiger partial charge in [-0.05, 0) is 38.0 Å². The quantitative estimate of drug-likeness (QED) is 0.432. The number of carbonyl (C=O) groups excluding carboxylic acids is 3. The van der Waals surface area contributed by atoms with Crippen LogP contribution < -0.4 is 0 Å².